The third kappa shape index (κ3) is 3.98. The van der Waals surface area contributed by atoms with Gasteiger partial charge in [0.1, 0.15) is 5.01 Å². The number of benzene rings is 1. The lowest BCUT2D eigenvalue weighted by Gasteiger charge is -2.03. The molecule has 3 aromatic rings. The molecule has 0 aliphatic carbocycles. The normalized spacial score (nSPS) is 10.8. The van der Waals surface area contributed by atoms with E-state index in [2.05, 4.69) is 25.8 Å². The van der Waals surface area contributed by atoms with Crippen LogP contribution < -0.4 is 5.32 Å². The molecule has 0 aliphatic rings. The fraction of sp³-hybridized carbons (Fsp3) is 0.267. The summed E-state index contributed by atoms with van der Waals surface area (Å²) in [6, 6.07) is 10.0. The second-order valence-corrected chi connectivity index (χ2v) is 7.07. The number of thiazole rings is 1. The van der Waals surface area contributed by atoms with Crippen molar-refractivity contribution in [2.75, 3.05) is 5.75 Å². The van der Waals surface area contributed by atoms with Crippen LogP contribution in [0.3, 0.4) is 0 Å². The number of aryl methyl sites for hydroxylation is 2. The lowest BCUT2D eigenvalue weighted by molar-refractivity contribution is -0.118. The summed E-state index contributed by atoms with van der Waals surface area (Å²) in [5, 5.41) is 15.6. The van der Waals surface area contributed by atoms with Crippen LogP contribution in [0.2, 0.25) is 0 Å². The molecule has 9 heteroatoms. The van der Waals surface area contributed by atoms with Crippen molar-refractivity contribution in [2.24, 2.45) is 7.05 Å². The monoisotopic (exact) mass is 360 g/mol. The van der Waals surface area contributed by atoms with E-state index in [0.29, 0.717) is 11.7 Å². The Morgan fingerprint density at radius 1 is 1.33 bits per heavy atom. The average Bonchev–Trinajstić information content (AvgIpc) is 3.17. The molecule has 1 amide bonds. The highest BCUT2D eigenvalue weighted by molar-refractivity contribution is 7.99. The van der Waals surface area contributed by atoms with Gasteiger partial charge in [-0.1, -0.05) is 42.1 Å². The molecule has 124 valence electrons. The first-order valence-electron chi connectivity index (χ1n) is 7.27. The third-order valence-electron chi connectivity index (χ3n) is 3.27. The van der Waals surface area contributed by atoms with E-state index in [1.165, 1.54) is 16.4 Å². The number of hydrogen-bond acceptors (Lipinski definition) is 7. The number of carbonyl (C=O) groups excluding carboxylic acids is 1. The summed E-state index contributed by atoms with van der Waals surface area (Å²) in [6.07, 6.45) is 0. The smallest absolute Gasteiger partial charge is 0.230 e. The predicted octanol–water partition coefficient (Wildman–Crippen LogP) is 2.05. The number of aromatic nitrogens is 5. The van der Waals surface area contributed by atoms with Crippen molar-refractivity contribution in [3.8, 4) is 10.6 Å². The minimum atomic E-state index is -0.0583. The van der Waals surface area contributed by atoms with Crippen LogP contribution in [0.25, 0.3) is 10.6 Å². The summed E-state index contributed by atoms with van der Waals surface area (Å²) in [5.74, 6) is 0.217. The molecule has 0 aliphatic heterocycles. The van der Waals surface area contributed by atoms with Gasteiger partial charge in [0.25, 0.3) is 0 Å². The summed E-state index contributed by atoms with van der Waals surface area (Å²) in [7, 11) is 1.74. The molecule has 0 spiro atoms. The molecule has 0 bridgehead atoms. The number of tetrazole rings is 1. The minimum absolute atomic E-state index is 0.0583. The maximum atomic E-state index is 12.0. The van der Waals surface area contributed by atoms with Crippen molar-refractivity contribution in [1.82, 2.24) is 30.5 Å². The molecule has 3 rings (SSSR count). The fourth-order valence-corrected chi connectivity index (χ4v) is 3.69. The molecular formula is C15H16N6OS2. The first-order chi connectivity index (χ1) is 11.6. The van der Waals surface area contributed by atoms with Crippen LogP contribution in [0.15, 0.2) is 35.5 Å². The molecule has 7 nitrogen and oxygen atoms in total. The van der Waals surface area contributed by atoms with Gasteiger partial charge in [0.15, 0.2) is 0 Å². The molecule has 2 heterocycles. The van der Waals surface area contributed by atoms with Crippen LogP contribution in [0.1, 0.15) is 10.6 Å². The molecule has 0 saturated carbocycles. The van der Waals surface area contributed by atoms with Crippen molar-refractivity contribution in [3.05, 3.63) is 40.9 Å². The Morgan fingerprint density at radius 3 is 2.83 bits per heavy atom. The van der Waals surface area contributed by atoms with Gasteiger partial charge in [-0.25, -0.2) is 9.67 Å². The number of thioether (sulfide) groups is 1. The van der Waals surface area contributed by atoms with Crippen molar-refractivity contribution >= 4 is 29.0 Å². The molecular weight excluding hydrogens is 344 g/mol. The van der Waals surface area contributed by atoms with Crippen molar-refractivity contribution < 1.29 is 4.79 Å². The zero-order chi connectivity index (χ0) is 16.9. The highest BCUT2D eigenvalue weighted by Gasteiger charge is 2.11. The highest BCUT2D eigenvalue weighted by atomic mass is 32.2. The molecule has 0 fully saturated rings. The molecule has 1 N–H and O–H groups in total. The van der Waals surface area contributed by atoms with Crippen molar-refractivity contribution in [3.63, 3.8) is 0 Å². The molecule has 0 atom stereocenters. The average molecular weight is 360 g/mol. The van der Waals surface area contributed by atoms with Crippen molar-refractivity contribution in [2.45, 2.75) is 18.6 Å². The van der Waals surface area contributed by atoms with Crippen molar-refractivity contribution in [1.29, 1.82) is 0 Å². The van der Waals surface area contributed by atoms with Crippen LogP contribution in [0, 0.1) is 6.92 Å². The highest BCUT2D eigenvalue weighted by Crippen LogP contribution is 2.27. The summed E-state index contributed by atoms with van der Waals surface area (Å²) in [4.78, 5) is 17.6. The van der Waals surface area contributed by atoms with Gasteiger partial charge >= 0.3 is 0 Å². The summed E-state index contributed by atoms with van der Waals surface area (Å²) in [6.45, 7) is 2.44. The molecule has 0 unspecified atom stereocenters. The van der Waals surface area contributed by atoms with E-state index in [-0.39, 0.29) is 11.7 Å². The Kier molecular flexibility index (Phi) is 5.21. The van der Waals surface area contributed by atoms with E-state index in [9.17, 15) is 4.79 Å². The van der Waals surface area contributed by atoms with Gasteiger partial charge in [-0.2, -0.15) is 0 Å². The number of amides is 1. The summed E-state index contributed by atoms with van der Waals surface area (Å²) in [5.41, 5.74) is 2.04. The lowest BCUT2D eigenvalue weighted by Crippen LogP contribution is -2.24. The SMILES string of the molecule is Cc1nc(-c2ccccc2)sc1CNC(=O)CSc1nnnn1C. The second-order valence-electron chi connectivity index (χ2n) is 5.04. The van der Waals surface area contributed by atoms with Gasteiger partial charge in [-0.3, -0.25) is 4.79 Å². The third-order valence-corrected chi connectivity index (χ3v) is 5.49. The number of nitrogens with zero attached hydrogens (tertiary/aromatic N) is 5. The van der Waals surface area contributed by atoms with E-state index in [0.717, 1.165) is 21.1 Å². The van der Waals surface area contributed by atoms with Crippen LogP contribution in [-0.2, 0) is 18.4 Å². The van der Waals surface area contributed by atoms with Crippen LogP contribution >= 0.6 is 23.1 Å². The van der Waals surface area contributed by atoms with Gasteiger partial charge in [0.05, 0.1) is 18.0 Å². The van der Waals surface area contributed by atoms with Crippen LogP contribution in [-0.4, -0.2) is 36.9 Å². The van der Waals surface area contributed by atoms with Gasteiger partial charge in [-0.05, 0) is 17.4 Å². The zero-order valence-corrected chi connectivity index (χ0v) is 14.9. The van der Waals surface area contributed by atoms with Gasteiger partial charge < -0.3 is 5.32 Å². The Balaban J connectivity index is 1.56. The summed E-state index contributed by atoms with van der Waals surface area (Å²) >= 11 is 2.91. The topological polar surface area (TPSA) is 85.6 Å². The van der Waals surface area contributed by atoms with E-state index >= 15 is 0 Å². The maximum Gasteiger partial charge on any atom is 0.230 e. The number of rotatable bonds is 6. The fourth-order valence-electron chi connectivity index (χ4n) is 2.00. The predicted molar refractivity (Wildman–Crippen MR) is 93.7 cm³/mol. The summed E-state index contributed by atoms with van der Waals surface area (Å²) < 4.78 is 1.54. The molecule has 0 saturated heterocycles. The second kappa shape index (κ2) is 7.54. The molecule has 1 aromatic carbocycles. The largest absolute Gasteiger partial charge is 0.350 e. The lowest BCUT2D eigenvalue weighted by atomic mass is 10.2. The van der Waals surface area contributed by atoms with Gasteiger partial charge in [0.2, 0.25) is 11.1 Å². The number of carbonyl (C=O) groups is 1. The zero-order valence-electron chi connectivity index (χ0n) is 13.3. The van der Waals surface area contributed by atoms with E-state index < -0.39 is 0 Å². The Labute approximate surface area is 147 Å². The number of hydrogen-bond donors (Lipinski definition) is 1. The standard InChI is InChI=1S/C15H16N6OS2/c1-10-12(24-14(17-10)11-6-4-3-5-7-11)8-16-13(22)9-23-15-18-19-20-21(15)2/h3-7H,8-9H2,1-2H3,(H,16,22). The first kappa shape index (κ1) is 16.6. The van der Waals surface area contributed by atoms with E-state index in [4.69, 9.17) is 0 Å². The van der Waals surface area contributed by atoms with E-state index in [1.54, 1.807) is 18.4 Å². The van der Waals surface area contributed by atoms with Gasteiger partial charge in [0, 0.05) is 17.5 Å². The molecule has 2 aromatic heterocycles. The molecule has 24 heavy (non-hydrogen) atoms. The number of nitrogens with one attached hydrogen (secondary N) is 1. The Bertz CT molecular complexity index is 830. The minimum Gasteiger partial charge on any atom is -0.350 e. The Morgan fingerprint density at radius 2 is 2.12 bits per heavy atom. The van der Waals surface area contributed by atoms with E-state index in [1.807, 2.05) is 37.3 Å². The van der Waals surface area contributed by atoms with Gasteiger partial charge in [-0.15, -0.1) is 16.4 Å². The molecule has 0 radical (unpaired) electrons. The first-order valence-corrected chi connectivity index (χ1v) is 9.07. The maximum absolute atomic E-state index is 12.0. The quantitative estimate of drug-likeness (QED) is 0.677. The van der Waals surface area contributed by atoms with Crippen LogP contribution in [0.4, 0.5) is 0 Å². The Hall–Kier alpha value is -2.26. The van der Waals surface area contributed by atoms with Crippen LogP contribution in [0.5, 0.6) is 0 Å².